The lowest BCUT2D eigenvalue weighted by Gasteiger charge is -2.24. The van der Waals surface area contributed by atoms with Gasteiger partial charge in [0.15, 0.2) is 0 Å². The lowest BCUT2D eigenvalue weighted by molar-refractivity contribution is -0.132. The van der Waals surface area contributed by atoms with E-state index >= 15 is 0 Å². The van der Waals surface area contributed by atoms with Gasteiger partial charge in [-0.05, 0) is 49.9 Å². The number of halogens is 3. The molecule has 1 saturated carbocycles. The van der Waals surface area contributed by atoms with Gasteiger partial charge in [0.1, 0.15) is 0 Å². The maximum Gasteiger partial charge on any atom is 0.224 e. The van der Waals surface area contributed by atoms with Crippen LogP contribution in [-0.4, -0.2) is 29.4 Å². The molecule has 1 atom stereocenters. The van der Waals surface area contributed by atoms with Crippen molar-refractivity contribution in [3.05, 3.63) is 33.8 Å². The fourth-order valence-corrected chi connectivity index (χ4v) is 3.22. The van der Waals surface area contributed by atoms with Gasteiger partial charge in [0.2, 0.25) is 5.91 Å². The van der Waals surface area contributed by atoms with Gasteiger partial charge in [-0.2, -0.15) is 0 Å². The van der Waals surface area contributed by atoms with Crippen LogP contribution in [0.2, 0.25) is 10.0 Å². The number of carbonyl (C=O) groups excluding carboxylic acids is 1. The molecule has 2 aliphatic rings. The highest BCUT2D eigenvalue weighted by Gasteiger charge is 2.33. The van der Waals surface area contributed by atoms with Crippen LogP contribution in [0.4, 0.5) is 0 Å². The van der Waals surface area contributed by atoms with E-state index in [9.17, 15) is 4.79 Å². The summed E-state index contributed by atoms with van der Waals surface area (Å²) in [5.41, 5.74) is 1.05. The smallest absolute Gasteiger partial charge is 0.224 e. The number of hydrogen-bond acceptors (Lipinski definition) is 2. The minimum absolute atomic E-state index is 0. The fraction of sp³-hybridized carbons (Fsp3) is 0.562. The van der Waals surface area contributed by atoms with Gasteiger partial charge in [-0.1, -0.05) is 29.3 Å². The topological polar surface area (TPSA) is 32.3 Å². The Bertz CT molecular complexity index is 528. The summed E-state index contributed by atoms with van der Waals surface area (Å²) in [6, 6.07) is 6.37. The molecule has 0 radical (unpaired) electrons. The second kappa shape index (κ2) is 7.87. The summed E-state index contributed by atoms with van der Waals surface area (Å²) < 4.78 is 0. The van der Waals surface area contributed by atoms with Gasteiger partial charge in [0.05, 0.1) is 10.0 Å². The first kappa shape index (κ1) is 17.9. The molecular weight excluding hydrogens is 343 g/mol. The average molecular weight is 364 g/mol. The van der Waals surface area contributed by atoms with E-state index in [1.165, 1.54) is 6.42 Å². The third-order valence-corrected chi connectivity index (χ3v) is 4.97. The van der Waals surface area contributed by atoms with E-state index in [2.05, 4.69) is 5.32 Å². The first-order chi connectivity index (χ1) is 10.1. The van der Waals surface area contributed by atoms with Crippen molar-refractivity contribution >= 4 is 41.5 Å². The van der Waals surface area contributed by atoms with Crippen molar-refractivity contribution in [2.75, 3.05) is 6.54 Å². The van der Waals surface area contributed by atoms with E-state index in [4.69, 9.17) is 23.2 Å². The maximum absolute atomic E-state index is 12.6. The number of nitrogens with one attached hydrogen (secondary N) is 1. The molecule has 1 saturated heterocycles. The number of rotatable bonds is 5. The Balaban J connectivity index is 0.00000176. The van der Waals surface area contributed by atoms with Crippen molar-refractivity contribution in [3.8, 4) is 0 Å². The molecule has 1 unspecified atom stereocenters. The summed E-state index contributed by atoms with van der Waals surface area (Å²) in [6.07, 6.45) is 5.12. The van der Waals surface area contributed by atoms with Crippen molar-refractivity contribution < 1.29 is 4.79 Å². The van der Waals surface area contributed by atoms with Crippen molar-refractivity contribution in [2.24, 2.45) is 0 Å². The number of nitrogens with zero attached hydrogens (tertiary/aromatic N) is 1. The third kappa shape index (κ3) is 4.51. The largest absolute Gasteiger partial charge is 0.335 e. The zero-order valence-corrected chi connectivity index (χ0v) is 14.7. The molecule has 0 bridgehead atoms. The lowest BCUT2D eigenvalue weighted by atomic mass is 10.1. The molecule has 1 amide bonds. The molecule has 22 heavy (non-hydrogen) atoms. The molecule has 1 aromatic rings. The van der Waals surface area contributed by atoms with Gasteiger partial charge in [-0.25, -0.2) is 0 Å². The average Bonchev–Trinajstić information content (AvgIpc) is 3.17. The molecule has 3 rings (SSSR count). The zero-order chi connectivity index (χ0) is 14.8. The second-order valence-electron chi connectivity index (χ2n) is 6.00. The summed E-state index contributed by atoms with van der Waals surface area (Å²) in [5, 5.41) is 4.50. The Labute approximate surface area is 147 Å². The molecule has 0 aromatic heterocycles. The molecule has 1 aromatic carbocycles. The first-order valence-electron chi connectivity index (χ1n) is 7.60. The normalized spacial score (nSPS) is 20.5. The van der Waals surface area contributed by atoms with Crippen LogP contribution in [0.3, 0.4) is 0 Å². The van der Waals surface area contributed by atoms with Crippen LogP contribution in [0, 0.1) is 0 Å². The Kier molecular flexibility index (Phi) is 6.39. The van der Waals surface area contributed by atoms with Crippen LogP contribution in [0.1, 0.15) is 37.7 Å². The highest BCUT2D eigenvalue weighted by molar-refractivity contribution is 6.42. The van der Waals surface area contributed by atoms with Crippen molar-refractivity contribution in [1.82, 2.24) is 10.2 Å². The van der Waals surface area contributed by atoms with Gasteiger partial charge < -0.3 is 10.2 Å². The molecule has 2 fully saturated rings. The summed E-state index contributed by atoms with van der Waals surface area (Å²) in [6.45, 7) is 1.67. The van der Waals surface area contributed by atoms with Crippen LogP contribution in [-0.2, 0) is 11.3 Å². The van der Waals surface area contributed by atoms with Crippen LogP contribution in [0.5, 0.6) is 0 Å². The van der Waals surface area contributed by atoms with Crippen LogP contribution >= 0.6 is 35.6 Å². The monoisotopic (exact) mass is 362 g/mol. The first-order valence-corrected chi connectivity index (χ1v) is 8.36. The Morgan fingerprint density at radius 1 is 1.23 bits per heavy atom. The highest BCUT2D eigenvalue weighted by Crippen LogP contribution is 2.31. The Hall–Kier alpha value is -0.480. The predicted molar refractivity (Wildman–Crippen MR) is 92.9 cm³/mol. The molecule has 122 valence electrons. The van der Waals surface area contributed by atoms with Crippen molar-refractivity contribution in [2.45, 2.75) is 50.7 Å². The third-order valence-electron chi connectivity index (χ3n) is 4.23. The summed E-state index contributed by atoms with van der Waals surface area (Å²) in [7, 11) is 0. The summed E-state index contributed by atoms with van der Waals surface area (Å²) in [4.78, 5) is 14.6. The minimum Gasteiger partial charge on any atom is -0.335 e. The van der Waals surface area contributed by atoms with E-state index in [1.54, 1.807) is 6.07 Å². The Morgan fingerprint density at radius 2 is 2.00 bits per heavy atom. The molecule has 0 spiro atoms. The van der Waals surface area contributed by atoms with E-state index in [0.29, 0.717) is 35.1 Å². The van der Waals surface area contributed by atoms with E-state index in [1.807, 2.05) is 17.0 Å². The second-order valence-corrected chi connectivity index (χ2v) is 6.81. The lowest BCUT2D eigenvalue weighted by Crippen LogP contribution is -2.37. The van der Waals surface area contributed by atoms with Gasteiger partial charge in [-0.3, -0.25) is 4.79 Å². The van der Waals surface area contributed by atoms with E-state index < -0.39 is 0 Å². The molecular formula is C16H21Cl3N2O. The predicted octanol–water partition coefficient (Wildman–Crippen LogP) is 4.05. The SMILES string of the molecule is Cl.O=C(CC1CCCN1)N(Cc1ccc(Cl)c(Cl)c1)C1CC1. The van der Waals surface area contributed by atoms with Gasteiger partial charge in [0, 0.05) is 25.0 Å². The molecule has 1 N–H and O–H groups in total. The van der Waals surface area contributed by atoms with Crippen LogP contribution in [0.25, 0.3) is 0 Å². The van der Waals surface area contributed by atoms with Gasteiger partial charge in [-0.15, -0.1) is 12.4 Å². The molecule has 1 aliphatic heterocycles. The fourth-order valence-electron chi connectivity index (χ4n) is 2.90. The molecule has 1 heterocycles. The molecule has 1 aliphatic carbocycles. The number of benzene rings is 1. The van der Waals surface area contributed by atoms with Gasteiger partial charge >= 0.3 is 0 Å². The Morgan fingerprint density at radius 3 is 2.59 bits per heavy atom. The zero-order valence-electron chi connectivity index (χ0n) is 12.4. The van der Waals surface area contributed by atoms with Crippen LogP contribution < -0.4 is 5.32 Å². The summed E-state index contributed by atoms with van der Waals surface area (Å²) >= 11 is 12.0. The summed E-state index contributed by atoms with van der Waals surface area (Å²) in [5.74, 6) is 0.253. The van der Waals surface area contributed by atoms with Crippen molar-refractivity contribution in [1.29, 1.82) is 0 Å². The standard InChI is InChI=1S/C16H20Cl2N2O.ClH/c17-14-6-3-11(8-15(14)18)10-20(13-4-5-13)16(21)9-12-2-1-7-19-12;/h3,6,8,12-13,19H,1-2,4-5,7,9-10H2;1H. The molecule has 3 nitrogen and oxygen atoms in total. The quantitative estimate of drug-likeness (QED) is 0.856. The number of amides is 1. The minimum atomic E-state index is 0. The van der Waals surface area contributed by atoms with Gasteiger partial charge in [0.25, 0.3) is 0 Å². The van der Waals surface area contributed by atoms with E-state index in [-0.39, 0.29) is 18.3 Å². The van der Waals surface area contributed by atoms with Crippen molar-refractivity contribution in [3.63, 3.8) is 0 Å². The number of carbonyl (C=O) groups is 1. The van der Waals surface area contributed by atoms with E-state index in [0.717, 1.165) is 31.4 Å². The number of hydrogen-bond donors (Lipinski definition) is 1. The van der Waals surface area contributed by atoms with Crippen LogP contribution in [0.15, 0.2) is 18.2 Å². The molecule has 6 heteroatoms. The maximum atomic E-state index is 12.6. The highest BCUT2D eigenvalue weighted by atomic mass is 35.5.